The number of aromatic nitrogens is 1. The maximum Gasteiger partial charge on any atom is 0.234 e. The molecule has 98 valence electrons. The molecule has 1 aliphatic heterocycles. The second-order valence-corrected chi connectivity index (χ2v) is 5.43. The molecule has 1 atom stereocenters. The number of amides is 2. The lowest BCUT2D eigenvalue weighted by Crippen LogP contribution is -2.40. The van der Waals surface area contributed by atoms with Crippen molar-refractivity contribution < 1.29 is 9.59 Å². The van der Waals surface area contributed by atoms with Gasteiger partial charge in [-0.25, -0.2) is 4.98 Å². The molecule has 0 bridgehead atoms. The molecule has 1 unspecified atom stereocenters. The predicted molar refractivity (Wildman–Crippen MR) is 68.9 cm³/mol. The first-order valence-electron chi connectivity index (χ1n) is 6.09. The summed E-state index contributed by atoms with van der Waals surface area (Å²) in [6, 6.07) is 0. The van der Waals surface area contributed by atoms with Crippen LogP contribution in [0.1, 0.15) is 24.3 Å². The summed E-state index contributed by atoms with van der Waals surface area (Å²) in [4.78, 5) is 29.8. The van der Waals surface area contributed by atoms with E-state index in [-0.39, 0.29) is 11.8 Å². The van der Waals surface area contributed by atoms with Crippen molar-refractivity contribution in [3.63, 3.8) is 0 Å². The minimum atomic E-state index is -0.530. The van der Waals surface area contributed by atoms with Crippen LogP contribution in [0.25, 0.3) is 0 Å². The zero-order valence-electron chi connectivity index (χ0n) is 10.4. The lowest BCUT2D eigenvalue weighted by molar-refractivity contribution is -0.140. The Labute approximate surface area is 110 Å². The molecule has 2 heterocycles. The molecule has 6 heteroatoms. The van der Waals surface area contributed by atoms with Gasteiger partial charge in [-0.05, 0) is 12.8 Å². The Kier molecular flexibility index (Phi) is 4.30. The van der Waals surface area contributed by atoms with Gasteiger partial charge in [0.1, 0.15) is 10.9 Å². The molecule has 18 heavy (non-hydrogen) atoms. The van der Waals surface area contributed by atoms with Crippen molar-refractivity contribution in [1.82, 2.24) is 15.2 Å². The van der Waals surface area contributed by atoms with Gasteiger partial charge in [-0.15, -0.1) is 11.3 Å². The van der Waals surface area contributed by atoms with Crippen LogP contribution in [0.3, 0.4) is 0 Å². The molecule has 0 spiro atoms. The van der Waals surface area contributed by atoms with Gasteiger partial charge >= 0.3 is 0 Å². The van der Waals surface area contributed by atoms with Crippen molar-refractivity contribution in [3.8, 4) is 0 Å². The van der Waals surface area contributed by atoms with Gasteiger partial charge in [-0.1, -0.05) is 6.42 Å². The van der Waals surface area contributed by atoms with E-state index in [0.717, 1.165) is 24.4 Å². The molecule has 0 saturated carbocycles. The van der Waals surface area contributed by atoms with E-state index in [4.69, 9.17) is 0 Å². The Hall–Kier alpha value is -1.43. The third kappa shape index (κ3) is 3.07. The molecule has 1 saturated heterocycles. The van der Waals surface area contributed by atoms with Crippen LogP contribution in [-0.2, 0) is 16.1 Å². The summed E-state index contributed by atoms with van der Waals surface area (Å²) in [6.45, 7) is 1.15. The molecule has 1 aromatic heterocycles. The monoisotopic (exact) mass is 267 g/mol. The Morgan fingerprint density at radius 1 is 1.61 bits per heavy atom. The van der Waals surface area contributed by atoms with Gasteiger partial charge in [0.05, 0.1) is 6.54 Å². The topological polar surface area (TPSA) is 62.3 Å². The normalized spacial score (nSPS) is 20.6. The lowest BCUT2D eigenvalue weighted by atomic mass is 10.0. The Bertz CT molecular complexity index is 419. The minimum absolute atomic E-state index is 0.0656. The highest BCUT2D eigenvalue weighted by Crippen LogP contribution is 2.17. The Morgan fingerprint density at radius 3 is 3.17 bits per heavy atom. The van der Waals surface area contributed by atoms with Crippen LogP contribution in [0.4, 0.5) is 0 Å². The number of rotatable bonds is 3. The second-order valence-electron chi connectivity index (χ2n) is 4.45. The average Bonchev–Trinajstić information content (AvgIpc) is 2.82. The van der Waals surface area contributed by atoms with E-state index >= 15 is 0 Å². The number of nitrogens with zero attached hydrogens (tertiary/aromatic N) is 2. The quantitative estimate of drug-likeness (QED) is 0.832. The van der Waals surface area contributed by atoms with Crippen LogP contribution < -0.4 is 5.32 Å². The van der Waals surface area contributed by atoms with Crippen molar-refractivity contribution in [1.29, 1.82) is 0 Å². The molecule has 1 aromatic rings. The first-order valence-corrected chi connectivity index (χ1v) is 6.97. The fourth-order valence-corrected chi connectivity index (χ4v) is 2.62. The molecule has 2 rings (SSSR count). The third-order valence-corrected chi connectivity index (χ3v) is 3.90. The molecular formula is C12H17N3O2S. The van der Waals surface area contributed by atoms with Gasteiger partial charge < -0.3 is 10.2 Å². The van der Waals surface area contributed by atoms with Crippen molar-refractivity contribution in [2.45, 2.75) is 25.8 Å². The number of carbonyl (C=O) groups excluding carboxylic acids is 2. The first-order chi connectivity index (χ1) is 8.68. The van der Waals surface area contributed by atoms with Crippen molar-refractivity contribution in [2.24, 2.45) is 5.92 Å². The van der Waals surface area contributed by atoms with Crippen LogP contribution in [0, 0.1) is 5.92 Å². The van der Waals surface area contributed by atoms with E-state index in [1.54, 1.807) is 18.1 Å². The summed E-state index contributed by atoms with van der Waals surface area (Å²) in [5, 5.41) is 5.52. The van der Waals surface area contributed by atoms with Gasteiger partial charge in [0.2, 0.25) is 11.8 Å². The van der Waals surface area contributed by atoms with Gasteiger partial charge in [0, 0.05) is 25.2 Å². The van der Waals surface area contributed by atoms with Gasteiger partial charge in [-0.2, -0.15) is 0 Å². The highest BCUT2D eigenvalue weighted by Gasteiger charge is 2.30. The van der Waals surface area contributed by atoms with E-state index < -0.39 is 5.92 Å². The summed E-state index contributed by atoms with van der Waals surface area (Å²) in [5.74, 6) is -0.773. The largest absolute Gasteiger partial charge is 0.349 e. The summed E-state index contributed by atoms with van der Waals surface area (Å²) in [7, 11) is 1.76. The van der Waals surface area contributed by atoms with Crippen LogP contribution >= 0.6 is 11.3 Å². The van der Waals surface area contributed by atoms with E-state index in [1.165, 1.54) is 11.3 Å². The van der Waals surface area contributed by atoms with E-state index in [9.17, 15) is 9.59 Å². The Balaban J connectivity index is 1.92. The second kappa shape index (κ2) is 5.95. The van der Waals surface area contributed by atoms with E-state index in [1.807, 2.05) is 5.38 Å². The maximum atomic E-state index is 12.0. The zero-order valence-corrected chi connectivity index (χ0v) is 11.2. The fraction of sp³-hybridized carbons (Fsp3) is 0.583. The molecule has 1 N–H and O–H groups in total. The van der Waals surface area contributed by atoms with Crippen LogP contribution in [0.2, 0.25) is 0 Å². The highest BCUT2D eigenvalue weighted by molar-refractivity contribution is 7.09. The third-order valence-electron chi connectivity index (χ3n) is 3.12. The number of likely N-dealkylation sites (tertiary alicyclic amines) is 1. The SMILES string of the molecule is CN1CCCCC(C(=O)NCc2nccs2)C1=O. The summed E-state index contributed by atoms with van der Waals surface area (Å²) in [6.07, 6.45) is 4.24. The summed E-state index contributed by atoms with van der Waals surface area (Å²) < 4.78 is 0. The summed E-state index contributed by atoms with van der Waals surface area (Å²) >= 11 is 1.50. The van der Waals surface area contributed by atoms with Gasteiger partial charge in [0.15, 0.2) is 0 Å². The molecule has 0 aliphatic carbocycles. The Morgan fingerprint density at radius 2 is 2.44 bits per heavy atom. The van der Waals surface area contributed by atoms with Crippen molar-refractivity contribution in [2.75, 3.05) is 13.6 Å². The van der Waals surface area contributed by atoms with Crippen LogP contribution in [-0.4, -0.2) is 35.3 Å². The van der Waals surface area contributed by atoms with Gasteiger partial charge in [-0.3, -0.25) is 9.59 Å². The lowest BCUT2D eigenvalue weighted by Gasteiger charge is -2.19. The number of carbonyl (C=O) groups is 2. The zero-order chi connectivity index (χ0) is 13.0. The number of hydrogen-bond donors (Lipinski definition) is 1. The van der Waals surface area contributed by atoms with E-state index in [2.05, 4.69) is 10.3 Å². The van der Waals surface area contributed by atoms with Crippen molar-refractivity contribution >= 4 is 23.2 Å². The van der Waals surface area contributed by atoms with Crippen LogP contribution in [0.5, 0.6) is 0 Å². The summed E-state index contributed by atoms with van der Waals surface area (Å²) in [5.41, 5.74) is 0. The molecule has 5 nitrogen and oxygen atoms in total. The molecule has 1 aliphatic rings. The van der Waals surface area contributed by atoms with Gasteiger partial charge in [0.25, 0.3) is 0 Å². The smallest absolute Gasteiger partial charge is 0.234 e. The molecular weight excluding hydrogens is 250 g/mol. The average molecular weight is 267 g/mol. The maximum absolute atomic E-state index is 12.0. The first kappa shape index (κ1) is 13.0. The molecule has 1 fully saturated rings. The predicted octanol–water partition coefficient (Wildman–Crippen LogP) is 1.02. The number of thiazole rings is 1. The molecule has 0 aromatic carbocycles. The molecule has 2 amide bonds. The number of hydrogen-bond acceptors (Lipinski definition) is 4. The molecule has 0 radical (unpaired) electrons. The number of nitrogens with one attached hydrogen (secondary N) is 1. The minimum Gasteiger partial charge on any atom is -0.349 e. The fourth-order valence-electron chi connectivity index (χ4n) is 2.07. The van der Waals surface area contributed by atoms with Crippen LogP contribution in [0.15, 0.2) is 11.6 Å². The highest BCUT2D eigenvalue weighted by atomic mass is 32.1. The van der Waals surface area contributed by atoms with E-state index in [0.29, 0.717) is 13.0 Å². The van der Waals surface area contributed by atoms with Crippen molar-refractivity contribution in [3.05, 3.63) is 16.6 Å². The standard InChI is InChI=1S/C12H17N3O2S/c1-15-6-3-2-4-9(12(15)17)11(16)14-8-10-13-5-7-18-10/h5,7,9H,2-4,6,8H2,1H3,(H,14,16).